The normalized spacial score (nSPS) is 11.2. The molecule has 0 aliphatic heterocycles. The molecule has 0 amide bonds. The molecule has 0 atom stereocenters. The fourth-order valence-electron chi connectivity index (χ4n) is 9.88. The van der Waals surface area contributed by atoms with Crippen LogP contribution in [0.4, 0.5) is 0 Å². The Morgan fingerprint density at radius 2 is 0.746 bits per heavy atom. The Hall–Kier alpha value is -9.45. The number of hydrogen-bond donors (Lipinski definition) is 0. The lowest BCUT2D eigenvalue weighted by molar-refractivity contribution is 0.881. The molecule has 5 heteroatoms. The molecular formula is C66H47N5. The van der Waals surface area contributed by atoms with E-state index in [1.165, 1.54) is 11.1 Å². The number of benzene rings is 9. The van der Waals surface area contributed by atoms with Crippen LogP contribution < -0.4 is 0 Å². The maximum atomic E-state index is 4.77. The van der Waals surface area contributed by atoms with Gasteiger partial charge < -0.3 is 4.57 Å². The van der Waals surface area contributed by atoms with Crippen molar-refractivity contribution in [1.82, 2.24) is 24.3 Å². The number of aryl methyl sites for hydroxylation is 1. The minimum Gasteiger partial charge on any atom is -0.334 e. The van der Waals surface area contributed by atoms with Gasteiger partial charge in [-0.3, -0.25) is 4.98 Å². The summed E-state index contributed by atoms with van der Waals surface area (Å²) in [7, 11) is 2.03. The quantitative estimate of drug-likeness (QED) is 0.130. The minimum absolute atomic E-state index is 0.937. The van der Waals surface area contributed by atoms with Gasteiger partial charge in [-0.1, -0.05) is 182 Å². The second-order valence-electron chi connectivity index (χ2n) is 17.8. The molecule has 12 aromatic rings. The summed E-state index contributed by atoms with van der Waals surface area (Å²) in [5.74, 6) is 0.939. The molecule has 0 saturated heterocycles. The Bertz CT molecular complexity index is 3780. The van der Waals surface area contributed by atoms with Gasteiger partial charge in [-0.05, 0) is 144 Å². The van der Waals surface area contributed by atoms with E-state index in [1.54, 1.807) is 0 Å². The largest absolute Gasteiger partial charge is 0.334 e. The maximum Gasteiger partial charge on any atom is 0.139 e. The van der Waals surface area contributed by atoms with Crippen molar-refractivity contribution in [2.75, 3.05) is 0 Å². The molecule has 71 heavy (non-hydrogen) atoms. The molecule has 0 saturated carbocycles. The SMILES string of the molecule is Cn1ccnc1-c1ccc(-c2ccccc2-c2cc(-c3ccccc3-c3ccc(-n4cccn4)cc3)cc(-c3ccccc3-c3ccc(-c4ccccn4)cc3-c3ccc(-c4ccccc4)cc3)c2)cc1. The molecule has 9 aromatic carbocycles. The fraction of sp³-hybridized carbons (Fsp3) is 0.0152. The van der Waals surface area contributed by atoms with Crippen LogP contribution in [0.15, 0.2) is 268 Å². The molecule has 0 unspecified atom stereocenters. The molecule has 0 aliphatic rings. The first-order chi connectivity index (χ1) is 35.1. The van der Waals surface area contributed by atoms with E-state index in [0.29, 0.717) is 0 Å². The zero-order valence-corrected chi connectivity index (χ0v) is 39.1. The summed E-state index contributed by atoms with van der Waals surface area (Å²) in [4.78, 5) is 9.38. The molecule has 5 nitrogen and oxygen atoms in total. The molecule has 0 bridgehead atoms. The molecule has 336 valence electrons. The molecular weight excluding hydrogens is 863 g/mol. The van der Waals surface area contributed by atoms with Gasteiger partial charge >= 0.3 is 0 Å². The van der Waals surface area contributed by atoms with Gasteiger partial charge in [-0.25, -0.2) is 9.67 Å². The highest BCUT2D eigenvalue weighted by Crippen LogP contribution is 2.45. The van der Waals surface area contributed by atoms with E-state index in [-0.39, 0.29) is 0 Å². The molecule has 0 spiro atoms. The van der Waals surface area contributed by atoms with E-state index in [4.69, 9.17) is 4.98 Å². The van der Waals surface area contributed by atoms with Gasteiger partial charge in [0.2, 0.25) is 0 Å². The average Bonchev–Trinajstić information content (AvgIpc) is 4.16. The number of imidazole rings is 1. The Balaban J connectivity index is 1.04. The van der Waals surface area contributed by atoms with Gasteiger partial charge in [0, 0.05) is 49.2 Å². The Labute approximate surface area is 414 Å². The number of rotatable bonds is 11. The van der Waals surface area contributed by atoms with E-state index >= 15 is 0 Å². The van der Waals surface area contributed by atoms with E-state index in [2.05, 4.69) is 233 Å². The minimum atomic E-state index is 0.937. The number of aromatic nitrogens is 5. The van der Waals surface area contributed by atoms with Crippen LogP contribution in [-0.2, 0) is 7.05 Å². The molecule has 0 aliphatic carbocycles. The zero-order valence-electron chi connectivity index (χ0n) is 39.1. The Morgan fingerprint density at radius 3 is 1.30 bits per heavy atom. The maximum absolute atomic E-state index is 4.77. The summed E-state index contributed by atoms with van der Waals surface area (Å²) in [6, 6.07) is 85.3. The molecule has 3 heterocycles. The third-order valence-corrected chi connectivity index (χ3v) is 13.4. The average molecular weight is 910 g/mol. The second-order valence-corrected chi connectivity index (χ2v) is 17.8. The van der Waals surface area contributed by atoms with Crippen molar-refractivity contribution < 1.29 is 0 Å². The van der Waals surface area contributed by atoms with Crippen molar-refractivity contribution in [2.24, 2.45) is 7.05 Å². The number of pyridine rings is 1. The van der Waals surface area contributed by atoms with Crippen molar-refractivity contribution in [3.8, 4) is 117 Å². The van der Waals surface area contributed by atoms with E-state index in [1.807, 2.05) is 60.9 Å². The summed E-state index contributed by atoms with van der Waals surface area (Å²) < 4.78 is 3.95. The second kappa shape index (κ2) is 18.9. The van der Waals surface area contributed by atoms with Gasteiger partial charge in [-0.2, -0.15) is 5.10 Å². The highest BCUT2D eigenvalue weighted by Gasteiger charge is 2.19. The van der Waals surface area contributed by atoms with Crippen LogP contribution in [0.1, 0.15) is 0 Å². The van der Waals surface area contributed by atoms with Gasteiger partial charge in [0.25, 0.3) is 0 Å². The lowest BCUT2D eigenvalue weighted by Gasteiger charge is -2.19. The monoisotopic (exact) mass is 909 g/mol. The van der Waals surface area contributed by atoms with Crippen molar-refractivity contribution in [3.05, 3.63) is 268 Å². The van der Waals surface area contributed by atoms with Crippen molar-refractivity contribution in [1.29, 1.82) is 0 Å². The van der Waals surface area contributed by atoms with Crippen LogP contribution in [-0.4, -0.2) is 24.3 Å². The topological polar surface area (TPSA) is 48.5 Å². The lowest BCUT2D eigenvalue weighted by atomic mass is 9.84. The first kappa shape index (κ1) is 42.9. The zero-order chi connectivity index (χ0) is 47.5. The number of hydrogen-bond acceptors (Lipinski definition) is 3. The smallest absolute Gasteiger partial charge is 0.139 e. The molecule has 0 radical (unpaired) electrons. The van der Waals surface area contributed by atoms with Gasteiger partial charge in [0.15, 0.2) is 0 Å². The summed E-state index contributed by atoms with van der Waals surface area (Å²) in [6.45, 7) is 0. The van der Waals surface area contributed by atoms with Crippen LogP contribution in [0.5, 0.6) is 0 Å². The number of nitrogens with zero attached hydrogens (tertiary/aromatic N) is 5. The van der Waals surface area contributed by atoms with Crippen LogP contribution in [0.25, 0.3) is 117 Å². The highest BCUT2D eigenvalue weighted by molar-refractivity contribution is 5.97. The predicted octanol–water partition coefficient (Wildman–Crippen LogP) is 16.7. The van der Waals surface area contributed by atoms with Crippen LogP contribution >= 0.6 is 0 Å². The fourth-order valence-corrected chi connectivity index (χ4v) is 9.88. The van der Waals surface area contributed by atoms with E-state index < -0.39 is 0 Å². The predicted molar refractivity (Wildman–Crippen MR) is 292 cm³/mol. The first-order valence-electron chi connectivity index (χ1n) is 23.9. The van der Waals surface area contributed by atoms with Crippen molar-refractivity contribution >= 4 is 0 Å². The van der Waals surface area contributed by atoms with Gasteiger partial charge in [-0.15, -0.1) is 0 Å². The highest BCUT2D eigenvalue weighted by atomic mass is 15.3. The van der Waals surface area contributed by atoms with Crippen LogP contribution in [0.2, 0.25) is 0 Å². The first-order valence-corrected chi connectivity index (χ1v) is 23.9. The van der Waals surface area contributed by atoms with Gasteiger partial charge in [0.05, 0.1) is 11.4 Å². The third-order valence-electron chi connectivity index (χ3n) is 13.4. The van der Waals surface area contributed by atoms with Crippen LogP contribution in [0.3, 0.4) is 0 Å². The molecule has 0 fully saturated rings. The lowest BCUT2D eigenvalue weighted by Crippen LogP contribution is -1.95. The van der Waals surface area contributed by atoms with Crippen molar-refractivity contribution in [2.45, 2.75) is 0 Å². The third kappa shape index (κ3) is 8.58. The summed E-state index contributed by atoms with van der Waals surface area (Å²) in [5.41, 5.74) is 22.4. The van der Waals surface area contributed by atoms with E-state index in [0.717, 1.165) is 106 Å². The van der Waals surface area contributed by atoms with Crippen LogP contribution in [0, 0.1) is 0 Å². The summed E-state index contributed by atoms with van der Waals surface area (Å²) >= 11 is 0. The Kier molecular flexibility index (Phi) is 11.4. The van der Waals surface area contributed by atoms with Gasteiger partial charge in [0.1, 0.15) is 5.82 Å². The standard InChI is InChI=1S/C66H47N5/c1-70-41-39-68-66(70)51-29-27-48(28-30-51)57-16-5-7-18-59(57)53-42-54(60-19-8-6-17-58(60)49-31-34-56(35-32-49)71-40-13-38-69-71)44-55(43-53)61-20-9-10-21-62(61)63-36-33-52(65-22-11-12-37-67-65)45-64(63)50-25-23-47(24-26-50)46-14-3-2-4-15-46/h2-45H,1H3. The Morgan fingerprint density at radius 1 is 0.282 bits per heavy atom. The summed E-state index contributed by atoms with van der Waals surface area (Å²) in [6.07, 6.45) is 9.47. The molecule has 0 N–H and O–H groups in total. The van der Waals surface area contributed by atoms with E-state index in [9.17, 15) is 0 Å². The molecule has 3 aromatic heterocycles. The summed E-state index contributed by atoms with van der Waals surface area (Å²) in [5, 5.41) is 4.47. The van der Waals surface area contributed by atoms with Crippen molar-refractivity contribution in [3.63, 3.8) is 0 Å². The molecule has 12 rings (SSSR count).